The van der Waals surface area contributed by atoms with Gasteiger partial charge in [-0.2, -0.15) is 0 Å². The van der Waals surface area contributed by atoms with Gasteiger partial charge in [-0.15, -0.1) is 0 Å². The van der Waals surface area contributed by atoms with E-state index in [0.29, 0.717) is 6.54 Å². The van der Waals surface area contributed by atoms with Crippen LogP contribution in [0.2, 0.25) is 5.02 Å². The van der Waals surface area contributed by atoms with Crippen LogP contribution in [-0.2, 0) is 9.84 Å². The fourth-order valence-electron chi connectivity index (χ4n) is 2.24. The summed E-state index contributed by atoms with van der Waals surface area (Å²) in [5.41, 5.74) is 0.233. The molecule has 1 amide bonds. The molecule has 0 bridgehead atoms. The van der Waals surface area contributed by atoms with E-state index >= 15 is 0 Å². The van der Waals surface area contributed by atoms with E-state index in [0.717, 1.165) is 12.0 Å². The third-order valence-electron chi connectivity index (χ3n) is 3.54. The molecule has 0 saturated carbocycles. The first kappa shape index (κ1) is 18.5. The number of carbonyl (C=O) groups is 1. The molecule has 2 rings (SSSR count). The number of hydrogen-bond acceptors (Lipinski definition) is 5. The van der Waals surface area contributed by atoms with Crippen molar-refractivity contribution < 1.29 is 17.6 Å². The van der Waals surface area contributed by atoms with E-state index in [1.54, 1.807) is 12.3 Å². The second-order valence-electron chi connectivity index (χ2n) is 5.62. The molecule has 0 radical (unpaired) electrons. The van der Waals surface area contributed by atoms with E-state index in [1.807, 2.05) is 25.1 Å². The van der Waals surface area contributed by atoms with Gasteiger partial charge in [-0.1, -0.05) is 11.6 Å². The minimum Gasteiger partial charge on any atom is -0.468 e. The predicted octanol–water partition coefficient (Wildman–Crippen LogP) is 2.37. The van der Waals surface area contributed by atoms with Gasteiger partial charge in [0.25, 0.3) is 5.91 Å². The topological polar surface area (TPSA) is 79.6 Å². The third kappa shape index (κ3) is 4.37. The van der Waals surface area contributed by atoms with Crippen molar-refractivity contribution in [2.24, 2.45) is 0 Å². The Morgan fingerprint density at radius 2 is 2.04 bits per heavy atom. The van der Waals surface area contributed by atoms with Gasteiger partial charge in [0.15, 0.2) is 9.84 Å². The Morgan fingerprint density at radius 1 is 1.33 bits per heavy atom. The van der Waals surface area contributed by atoms with Crippen molar-refractivity contribution >= 4 is 27.3 Å². The van der Waals surface area contributed by atoms with Crippen LogP contribution in [-0.4, -0.2) is 46.1 Å². The van der Waals surface area contributed by atoms with Crippen molar-refractivity contribution in [2.45, 2.75) is 10.9 Å². The van der Waals surface area contributed by atoms with Crippen LogP contribution in [0, 0.1) is 0 Å². The van der Waals surface area contributed by atoms with Crippen LogP contribution in [0.15, 0.2) is 45.9 Å². The summed E-state index contributed by atoms with van der Waals surface area (Å²) in [6.45, 7) is 0.316. The maximum absolute atomic E-state index is 12.3. The first-order chi connectivity index (χ1) is 11.2. The molecule has 24 heavy (non-hydrogen) atoms. The van der Waals surface area contributed by atoms with Gasteiger partial charge in [0.1, 0.15) is 5.76 Å². The van der Waals surface area contributed by atoms with Gasteiger partial charge in [-0.05, 0) is 44.4 Å². The number of furan rings is 1. The normalized spacial score (nSPS) is 13.0. The molecule has 0 spiro atoms. The molecule has 130 valence electrons. The second-order valence-corrected chi connectivity index (χ2v) is 8.01. The van der Waals surface area contributed by atoms with Crippen LogP contribution < -0.4 is 5.32 Å². The standard InChI is InChI=1S/C16H19ClN2O4S/c1-19(2)13(14-5-4-8-23-14)10-18-16(20)11-6-7-12(17)15(9-11)24(3,21)22/h4-9,13H,10H2,1-3H3,(H,18,20). The van der Waals surface area contributed by atoms with Crippen molar-refractivity contribution in [1.82, 2.24) is 10.2 Å². The molecular formula is C16H19ClN2O4S. The van der Waals surface area contributed by atoms with E-state index in [9.17, 15) is 13.2 Å². The highest BCUT2D eigenvalue weighted by atomic mass is 35.5. The van der Waals surface area contributed by atoms with Crippen molar-refractivity contribution in [3.63, 3.8) is 0 Å². The van der Waals surface area contributed by atoms with E-state index in [-0.39, 0.29) is 27.4 Å². The number of nitrogens with one attached hydrogen (secondary N) is 1. The van der Waals surface area contributed by atoms with Crippen LogP contribution in [0.5, 0.6) is 0 Å². The minimum absolute atomic E-state index is 0.0630. The van der Waals surface area contributed by atoms with Crippen molar-refractivity contribution in [1.29, 1.82) is 0 Å². The monoisotopic (exact) mass is 370 g/mol. The van der Waals surface area contributed by atoms with Gasteiger partial charge >= 0.3 is 0 Å². The number of sulfone groups is 1. The zero-order chi connectivity index (χ0) is 17.9. The lowest BCUT2D eigenvalue weighted by atomic mass is 10.1. The molecule has 1 aromatic heterocycles. The maximum Gasteiger partial charge on any atom is 0.251 e. The molecule has 0 aliphatic rings. The van der Waals surface area contributed by atoms with Gasteiger partial charge in [-0.3, -0.25) is 9.69 Å². The molecule has 1 atom stereocenters. The smallest absolute Gasteiger partial charge is 0.251 e. The Bertz CT molecular complexity index is 817. The fourth-order valence-corrected chi connectivity index (χ4v) is 3.54. The van der Waals surface area contributed by atoms with E-state index in [1.165, 1.54) is 18.2 Å². The average Bonchev–Trinajstić information content (AvgIpc) is 3.00. The van der Waals surface area contributed by atoms with Gasteiger partial charge in [-0.25, -0.2) is 8.42 Å². The Kier molecular flexibility index (Phi) is 5.69. The van der Waals surface area contributed by atoms with Gasteiger partial charge in [0.2, 0.25) is 0 Å². The van der Waals surface area contributed by atoms with Crippen LogP contribution >= 0.6 is 11.6 Å². The fraction of sp³-hybridized carbons (Fsp3) is 0.312. The van der Waals surface area contributed by atoms with Crippen molar-refractivity contribution in [2.75, 3.05) is 26.9 Å². The molecule has 1 N–H and O–H groups in total. The van der Waals surface area contributed by atoms with Crippen LogP contribution in [0.4, 0.5) is 0 Å². The number of amides is 1. The molecule has 1 aromatic carbocycles. The summed E-state index contributed by atoms with van der Waals surface area (Å²) in [5, 5.41) is 2.88. The number of carbonyl (C=O) groups excluding carboxylic acids is 1. The largest absolute Gasteiger partial charge is 0.468 e. The average molecular weight is 371 g/mol. The molecular weight excluding hydrogens is 352 g/mol. The van der Waals surface area contributed by atoms with Crippen LogP contribution in [0.1, 0.15) is 22.2 Å². The van der Waals surface area contributed by atoms with E-state index < -0.39 is 9.84 Å². The number of benzene rings is 1. The Morgan fingerprint density at radius 3 is 2.58 bits per heavy atom. The number of nitrogens with zero attached hydrogens (tertiary/aromatic N) is 1. The predicted molar refractivity (Wildman–Crippen MR) is 92.0 cm³/mol. The molecule has 0 aliphatic carbocycles. The zero-order valence-corrected chi connectivity index (χ0v) is 15.2. The highest BCUT2D eigenvalue weighted by molar-refractivity contribution is 7.90. The molecule has 0 aliphatic heterocycles. The summed E-state index contributed by atoms with van der Waals surface area (Å²) in [5.74, 6) is 0.350. The lowest BCUT2D eigenvalue weighted by molar-refractivity contribution is 0.0939. The number of likely N-dealkylation sites (N-methyl/N-ethyl adjacent to an activating group) is 1. The van der Waals surface area contributed by atoms with E-state index in [2.05, 4.69) is 5.32 Å². The number of halogens is 1. The molecule has 1 heterocycles. The first-order valence-electron chi connectivity index (χ1n) is 7.18. The summed E-state index contributed by atoms with van der Waals surface area (Å²) >= 11 is 5.89. The van der Waals surface area contributed by atoms with Gasteiger partial charge in [0.05, 0.1) is 22.2 Å². The van der Waals surface area contributed by atoms with Gasteiger partial charge in [0, 0.05) is 18.4 Å². The number of hydrogen-bond donors (Lipinski definition) is 1. The Balaban J connectivity index is 2.15. The summed E-state index contributed by atoms with van der Waals surface area (Å²) in [4.78, 5) is 14.2. The maximum atomic E-state index is 12.3. The summed E-state index contributed by atoms with van der Waals surface area (Å²) in [6, 6.07) is 7.66. The third-order valence-corrected chi connectivity index (χ3v) is 5.12. The first-order valence-corrected chi connectivity index (χ1v) is 9.44. The molecule has 0 fully saturated rings. The van der Waals surface area contributed by atoms with Crippen LogP contribution in [0.25, 0.3) is 0 Å². The van der Waals surface area contributed by atoms with Crippen molar-refractivity contribution in [3.05, 3.63) is 52.9 Å². The lowest BCUT2D eigenvalue weighted by Gasteiger charge is -2.22. The Hall–Kier alpha value is -1.83. The van der Waals surface area contributed by atoms with Crippen molar-refractivity contribution in [3.8, 4) is 0 Å². The quantitative estimate of drug-likeness (QED) is 0.844. The molecule has 1 unspecified atom stereocenters. The summed E-state index contributed by atoms with van der Waals surface area (Å²) in [6.07, 6.45) is 2.63. The summed E-state index contributed by atoms with van der Waals surface area (Å²) in [7, 11) is 0.252. The highest BCUT2D eigenvalue weighted by Gasteiger charge is 2.20. The zero-order valence-electron chi connectivity index (χ0n) is 13.6. The second kappa shape index (κ2) is 7.38. The molecule has 2 aromatic rings. The molecule has 8 heteroatoms. The van der Waals surface area contributed by atoms with E-state index in [4.69, 9.17) is 16.0 Å². The summed E-state index contributed by atoms with van der Waals surface area (Å²) < 4.78 is 28.8. The molecule has 6 nitrogen and oxygen atoms in total. The van der Waals surface area contributed by atoms with Gasteiger partial charge < -0.3 is 9.73 Å². The SMILES string of the molecule is CN(C)C(CNC(=O)c1ccc(Cl)c(S(C)(=O)=O)c1)c1ccco1. The molecule has 0 saturated heterocycles. The number of rotatable bonds is 6. The minimum atomic E-state index is -3.50. The van der Waals surface area contributed by atoms with Crippen LogP contribution in [0.3, 0.4) is 0 Å². The lowest BCUT2D eigenvalue weighted by Crippen LogP contribution is -2.34. The Labute approximate surface area is 146 Å². The highest BCUT2D eigenvalue weighted by Crippen LogP contribution is 2.23.